The van der Waals surface area contributed by atoms with Crippen molar-refractivity contribution in [2.24, 2.45) is 0 Å². The molecule has 0 saturated carbocycles. The molecule has 10 heteroatoms. The summed E-state index contributed by atoms with van der Waals surface area (Å²) >= 11 is 1.36. The van der Waals surface area contributed by atoms with Crippen molar-refractivity contribution in [2.45, 2.75) is 42.7 Å². The number of hydrogen-bond acceptors (Lipinski definition) is 6. The van der Waals surface area contributed by atoms with E-state index in [9.17, 15) is 17.6 Å². The number of carbonyl (C=O) groups excluding carboxylic acids is 1. The fourth-order valence-corrected chi connectivity index (χ4v) is 4.96. The third-order valence-electron chi connectivity index (χ3n) is 4.60. The lowest BCUT2D eigenvalue weighted by Gasteiger charge is -2.24. The molecule has 7 nitrogen and oxygen atoms in total. The molecule has 176 valence electrons. The van der Waals surface area contributed by atoms with E-state index in [0.717, 1.165) is 3.97 Å². The molecular weight excluding hydrogens is 465 g/mol. The van der Waals surface area contributed by atoms with Crippen LogP contribution in [0.2, 0.25) is 0 Å². The van der Waals surface area contributed by atoms with Gasteiger partial charge >= 0.3 is 6.09 Å². The quantitative estimate of drug-likeness (QED) is 0.451. The van der Waals surface area contributed by atoms with E-state index in [2.05, 4.69) is 4.98 Å². The van der Waals surface area contributed by atoms with Crippen LogP contribution >= 0.6 is 11.8 Å². The van der Waals surface area contributed by atoms with E-state index in [0.29, 0.717) is 10.5 Å². The van der Waals surface area contributed by atoms with Gasteiger partial charge in [0.1, 0.15) is 16.3 Å². The second kappa shape index (κ2) is 9.56. The highest BCUT2D eigenvalue weighted by molar-refractivity contribution is 7.98. The number of nitrogens with zero attached hydrogens (tertiary/aromatic N) is 3. The van der Waals surface area contributed by atoms with Crippen LogP contribution in [-0.4, -0.2) is 47.3 Å². The topological polar surface area (TPSA) is 81.5 Å². The highest BCUT2D eigenvalue weighted by atomic mass is 32.2. The lowest BCUT2D eigenvalue weighted by molar-refractivity contribution is 0.0285. The third kappa shape index (κ3) is 5.75. The predicted octanol–water partition coefficient (Wildman–Crippen LogP) is 5.02. The summed E-state index contributed by atoms with van der Waals surface area (Å²) in [5.41, 5.74) is 0.101. The molecule has 0 atom stereocenters. The van der Waals surface area contributed by atoms with E-state index >= 15 is 0 Å². The fraction of sp³-hybridized carbons (Fsp3) is 0.304. The maximum atomic E-state index is 14.6. The van der Waals surface area contributed by atoms with Crippen molar-refractivity contribution in [3.8, 4) is 11.3 Å². The minimum Gasteiger partial charge on any atom is -0.444 e. The fourth-order valence-electron chi connectivity index (χ4n) is 3.09. The van der Waals surface area contributed by atoms with E-state index in [-0.39, 0.29) is 22.7 Å². The van der Waals surface area contributed by atoms with E-state index in [1.54, 1.807) is 46.1 Å². The van der Waals surface area contributed by atoms with Gasteiger partial charge in [-0.1, -0.05) is 12.1 Å². The van der Waals surface area contributed by atoms with Crippen LogP contribution in [0.15, 0.2) is 64.8 Å². The molecule has 0 N–H and O–H groups in total. The smallest absolute Gasteiger partial charge is 0.410 e. The van der Waals surface area contributed by atoms with Crippen LogP contribution in [0.3, 0.4) is 0 Å². The molecule has 0 radical (unpaired) electrons. The summed E-state index contributed by atoms with van der Waals surface area (Å²) in [6.45, 7) is 5.35. The zero-order valence-corrected chi connectivity index (χ0v) is 20.7. The zero-order chi connectivity index (χ0) is 24.4. The predicted molar refractivity (Wildman–Crippen MR) is 126 cm³/mol. The van der Waals surface area contributed by atoms with Gasteiger partial charge in [-0.2, -0.15) is 0 Å². The summed E-state index contributed by atoms with van der Waals surface area (Å²) in [5.74, 6) is -0.560. The molecule has 2 aromatic heterocycles. The van der Waals surface area contributed by atoms with Gasteiger partial charge in [0.05, 0.1) is 12.2 Å². The molecule has 2 heterocycles. The monoisotopic (exact) mass is 491 g/mol. The molecule has 3 rings (SSSR count). The number of carbonyl (C=O) groups is 1. The number of ether oxygens (including phenoxy) is 1. The van der Waals surface area contributed by atoms with E-state index in [1.807, 2.05) is 6.26 Å². The Hall–Kier alpha value is -2.85. The summed E-state index contributed by atoms with van der Waals surface area (Å²) < 4.78 is 48.1. The maximum Gasteiger partial charge on any atom is 0.410 e. The summed E-state index contributed by atoms with van der Waals surface area (Å²) in [7, 11) is -2.54. The normalized spacial score (nSPS) is 11.9. The second-order valence-corrected chi connectivity index (χ2v) is 11.1. The van der Waals surface area contributed by atoms with Crippen LogP contribution in [0, 0.1) is 5.82 Å². The number of amides is 1. The first kappa shape index (κ1) is 24.8. The largest absolute Gasteiger partial charge is 0.444 e. The Labute approximate surface area is 197 Å². The number of benzene rings is 1. The Kier molecular flexibility index (Phi) is 7.18. The molecule has 0 bridgehead atoms. The highest BCUT2D eigenvalue weighted by Gasteiger charge is 2.26. The number of halogens is 1. The number of hydrogen-bond donors (Lipinski definition) is 0. The highest BCUT2D eigenvalue weighted by Crippen LogP contribution is 2.30. The van der Waals surface area contributed by atoms with Gasteiger partial charge in [0.25, 0.3) is 10.0 Å². The molecule has 0 fully saturated rings. The van der Waals surface area contributed by atoms with Crippen molar-refractivity contribution < 1.29 is 22.3 Å². The lowest BCUT2D eigenvalue weighted by atomic mass is 10.1. The van der Waals surface area contributed by atoms with E-state index in [1.165, 1.54) is 53.3 Å². The number of aromatic nitrogens is 2. The lowest BCUT2D eigenvalue weighted by Crippen LogP contribution is -2.33. The molecule has 0 aliphatic heterocycles. The Morgan fingerprint density at radius 1 is 1.21 bits per heavy atom. The number of thioether (sulfide) groups is 1. The van der Waals surface area contributed by atoms with E-state index < -0.39 is 27.5 Å². The van der Waals surface area contributed by atoms with Gasteiger partial charge in [0.2, 0.25) is 0 Å². The third-order valence-corrected chi connectivity index (χ3v) is 6.93. The van der Waals surface area contributed by atoms with Crippen molar-refractivity contribution in [1.82, 2.24) is 13.9 Å². The van der Waals surface area contributed by atoms with Gasteiger partial charge in [-0.25, -0.2) is 21.6 Å². The van der Waals surface area contributed by atoms with Crippen molar-refractivity contribution in [3.05, 3.63) is 66.4 Å². The Morgan fingerprint density at radius 2 is 1.91 bits per heavy atom. The molecule has 0 aliphatic carbocycles. The van der Waals surface area contributed by atoms with Crippen molar-refractivity contribution in [3.63, 3.8) is 0 Å². The Bertz CT molecular complexity index is 1270. The first-order chi connectivity index (χ1) is 15.4. The molecule has 33 heavy (non-hydrogen) atoms. The Morgan fingerprint density at radius 3 is 2.55 bits per heavy atom. The first-order valence-electron chi connectivity index (χ1n) is 10.1. The van der Waals surface area contributed by atoms with Gasteiger partial charge in [0.15, 0.2) is 0 Å². The summed E-state index contributed by atoms with van der Waals surface area (Å²) in [6, 6.07) is 9.01. The van der Waals surface area contributed by atoms with Crippen LogP contribution in [0.5, 0.6) is 0 Å². The maximum absolute atomic E-state index is 14.6. The molecule has 0 unspecified atom stereocenters. The van der Waals surface area contributed by atoms with Gasteiger partial charge in [-0.05, 0) is 56.9 Å². The first-order valence-corrected chi connectivity index (χ1v) is 12.7. The standard InChI is InChI=1S/C23H26FN3O4S2/c1-23(2,3)31-22(28)26(4)14-16-10-21(19-8-6-7-9-20(19)24)27(15-16)33(29,30)18-11-17(32-5)12-25-13-18/h6-13,15H,14H2,1-5H3. The van der Waals surface area contributed by atoms with Gasteiger partial charge in [-0.15, -0.1) is 11.8 Å². The van der Waals surface area contributed by atoms with Gasteiger partial charge in [0, 0.05) is 36.1 Å². The van der Waals surface area contributed by atoms with Crippen molar-refractivity contribution >= 4 is 27.9 Å². The van der Waals surface area contributed by atoms with Crippen LogP contribution in [0.25, 0.3) is 11.3 Å². The molecule has 0 saturated heterocycles. The molecular formula is C23H26FN3O4S2. The van der Waals surface area contributed by atoms with Crippen LogP contribution in [0.1, 0.15) is 26.3 Å². The minimum absolute atomic E-state index is 0.0189. The molecule has 1 amide bonds. The average Bonchev–Trinajstić information content (AvgIpc) is 3.17. The minimum atomic E-state index is -4.09. The second-order valence-electron chi connectivity index (χ2n) is 8.41. The van der Waals surface area contributed by atoms with Crippen LogP contribution < -0.4 is 0 Å². The van der Waals surface area contributed by atoms with Crippen LogP contribution in [0.4, 0.5) is 9.18 Å². The van der Waals surface area contributed by atoms with E-state index in [4.69, 9.17) is 4.74 Å². The number of rotatable bonds is 6. The number of pyridine rings is 1. The SMILES string of the molecule is CSc1cncc(S(=O)(=O)n2cc(CN(C)C(=O)OC(C)(C)C)cc2-c2ccccc2F)c1. The summed E-state index contributed by atoms with van der Waals surface area (Å²) in [6.07, 6.45) is 5.48. The van der Waals surface area contributed by atoms with Crippen molar-refractivity contribution in [2.75, 3.05) is 13.3 Å². The zero-order valence-electron chi connectivity index (χ0n) is 19.1. The molecule has 0 aliphatic rings. The van der Waals surface area contributed by atoms with Crippen molar-refractivity contribution in [1.29, 1.82) is 0 Å². The van der Waals surface area contributed by atoms with Gasteiger partial charge in [-0.3, -0.25) is 4.98 Å². The van der Waals surface area contributed by atoms with Gasteiger partial charge < -0.3 is 9.64 Å². The summed E-state index contributed by atoms with van der Waals surface area (Å²) in [4.78, 5) is 18.4. The molecule has 0 spiro atoms. The summed E-state index contributed by atoms with van der Waals surface area (Å²) in [5, 5.41) is 0. The molecule has 1 aromatic carbocycles. The van der Waals surface area contributed by atoms with Crippen LogP contribution in [-0.2, 0) is 21.3 Å². The average molecular weight is 492 g/mol. The molecule has 3 aromatic rings. The Balaban J connectivity index is 2.08.